The third-order valence-electron chi connectivity index (χ3n) is 5.28. The Labute approximate surface area is 167 Å². The molecule has 3 rings (SSSR count). The van der Waals surface area contributed by atoms with Crippen LogP contribution >= 0.6 is 0 Å². The molecule has 154 valence electrons. The molecule has 1 N–H and O–H groups in total. The third-order valence-corrected chi connectivity index (χ3v) is 5.28. The summed E-state index contributed by atoms with van der Waals surface area (Å²) in [5, 5.41) is 2.66. The standard InChI is InChI=1S/C22H23F3N2O2/c1-15(18-9-5-6-10-19(18)22(23,24)25)26-21(29)27-13-11-17(12-14-27)20(28)16-7-3-2-4-8-16/h2-10,15,17H,11-14H2,1H3,(H,26,29). The summed E-state index contributed by atoms with van der Waals surface area (Å²) in [6.45, 7) is 2.32. The molecule has 1 aliphatic rings. The molecule has 0 radical (unpaired) electrons. The van der Waals surface area contributed by atoms with Crippen LogP contribution in [0.2, 0.25) is 0 Å². The van der Waals surface area contributed by atoms with Crippen LogP contribution in [0.25, 0.3) is 0 Å². The number of halogens is 3. The monoisotopic (exact) mass is 404 g/mol. The lowest BCUT2D eigenvalue weighted by atomic mass is 9.89. The summed E-state index contributed by atoms with van der Waals surface area (Å²) in [5.41, 5.74) is -0.0600. The maximum absolute atomic E-state index is 13.2. The van der Waals surface area contributed by atoms with Crippen molar-refractivity contribution in [2.75, 3.05) is 13.1 Å². The number of Topliss-reactive ketones (excluding diaryl/α,β-unsaturated/α-hetero) is 1. The summed E-state index contributed by atoms with van der Waals surface area (Å²) < 4.78 is 39.6. The van der Waals surface area contributed by atoms with Crippen LogP contribution in [0.5, 0.6) is 0 Å². The summed E-state index contributed by atoms with van der Waals surface area (Å²) in [6.07, 6.45) is -3.41. The molecule has 1 heterocycles. The maximum atomic E-state index is 13.2. The van der Waals surface area contributed by atoms with Crippen LogP contribution in [-0.2, 0) is 6.18 Å². The fraction of sp³-hybridized carbons (Fsp3) is 0.364. The van der Waals surface area contributed by atoms with E-state index in [0.29, 0.717) is 31.5 Å². The molecule has 0 bridgehead atoms. The van der Waals surface area contributed by atoms with Crippen molar-refractivity contribution in [3.8, 4) is 0 Å². The number of hydrogen-bond acceptors (Lipinski definition) is 2. The van der Waals surface area contributed by atoms with Gasteiger partial charge < -0.3 is 10.2 Å². The van der Waals surface area contributed by atoms with Crippen LogP contribution in [0.3, 0.4) is 0 Å². The number of carbonyl (C=O) groups is 2. The molecule has 0 aliphatic carbocycles. The number of hydrogen-bond donors (Lipinski definition) is 1. The van der Waals surface area contributed by atoms with Gasteiger partial charge in [-0.15, -0.1) is 0 Å². The fourth-order valence-corrected chi connectivity index (χ4v) is 3.67. The normalized spacial score (nSPS) is 16.3. The Balaban J connectivity index is 1.59. The van der Waals surface area contributed by atoms with E-state index in [0.717, 1.165) is 6.07 Å². The molecule has 0 aromatic heterocycles. The number of urea groups is 1. The van der Waals surface area contributed by atoms with E-state index in [-0.39, 0.29) is 17.3 Å². The zero-order valence-electron chi connectivity index (χ0n) is 16.1. The average Bonchev–Trinajstić information content (AvgIpc) is 2.73. The van der Waals surface area contributed by atoms with Crippen molar-refractivity contribution < 1.29 is 22.8 Å². The molecule has 0 spiro atoms. The van der Waals surface area contributed by atoms with E-state index in [9.17, 15) is 22.8 Å². The lowest BCUT2D eigenvalue weighted by Gasteiger charge is -2.32. The zero-order chi connectivity index (χ0) is 21.0. The van der Waals surface area contributed by atoms with Crippen molar-refractivity contribution in [2.45, 2.75) is 32.0 Å². The highest BCUT2D eigenvalue weighted by atomic mass is 19.4. The number of nitrogens with one attached hydrogen (secondary N) is 1. The van der Waals surface area contributed by atoms with Crippen LogP contribution in [0, 0.1) is 5.92 Å². The Morgan fingerprint density at radius 1 is 1.00 bits per heavy atom. The average molecular weight is 404 g/mol. The van der Waals surface area contributed by atoms with Gasteiger partial charge in [0.1, 0.15) is 0 Å². The number of piperidine rings is 1. The van der Waals surface area contributed by atoms with Gasteiger partial charge in [-0.3, -0.25) is 4.79 Å². The number of ketones is 1. The molecule has 29 heavy (non-hydrogen) atoms. The Hall–Kier alpha value is -2.83. The summed E-state index contributed by atoms with van der Waals surface area (Å²) in [4.78, 5) is 26.6. The zero-order valence-corrected chi connectivity index (χ0v) is 16.1. The second-order valence-corrected chi connectivity index (χ2v) is 7.25. The minimum absolute atomic E-state index is 0.0301. The first kappa shape index (κ1) is 20.9. The van der Waals surface area contributed by atoms with Gasteiger partial charge in [0, 0.05) is 24.6 Å². The smallest absolute Gasteiger partial charge is 0.331 e. The van der Waals surface area contributed by atoms with Crippen molar-refractivity contribution in [1.29, 1.82) is 0 Å². The maximum Gasteiger partial charge on any atom is 0.416 e. The molecular weight excluding hydrogens is 381 g/mol. The van der Waals surface area contributed by atoms with Crippen LogP contribution in [0.4, 0.5) is 18.0 Å². The first-order chi connectivity index (χ1) is 13.8. The van der Waals surface area contributed by atoms with E-state index < -0.39 is 23.8 Å². The summed E-state index contributed by atoms with van der Waals surface area (Å²) in [6, 6.07) is 13.1. The van der Waals surface area contributed by atoms with Gasteiger partial charge in [-0.25, -0.2) is 4.79 Å². The van der Waals surface area contributed by atoms with Crippen molar-refractivity contribution in [2.24, 2.45) is 5.92 Å². The highest BCUT2D eigenvalue weighted by molar-refractivity contribution is 5.98. The molecule has 1 saturated heterocycles. The third kappa shape index (κ3) is 4.96. The van der Waals surface area contributed by atoms with E-state index in [1.54, 1.807) is 17.0 Å². The van der Waals surface area contributed by atoms with Crippen molar-refractivity contribution in [3.63, 3.8) is 0 Å². The molecule has 2 aromatic carbocycles. The van der Waals surface area contributed by atoms with Crippen LogP contribution < -0.4 is 5.32 Å². The molecule has 2 amide bonds. The first-order valence-corrected chi connectivity index (χ1v) is 9.58. The molecule has 1 aliphatic heterocycles. The predicted molar refractivity (Wildman–Crippen MR) is 103 cm³/mol. The number of nitrogens with zero attached hydrogens (tertiary/aromatic N) is 1. The van der Waals surface area contributed by atoms with E-state index in [1.165, 1.54) is 25.1 Å². The van der Waals surface area contributed by atoms with Gasteiger partial charge in [0.25, 0.3) is 0 Å². The molecule has 7 heteroatoms. The first-order valence-electron chi connectivity index (χ1n) is 9.58. The van der Waals surface area contributed by atoms with E-state index >= 15 is 0 Å². The van der Waals surface area contributed by atoms with Crippen LogP contribution in [-0.4, -0.2) is 29.8 Å². The van der Waals surface area contributed by atoms with E-state index in [1.807, 2.05) is 18.2 Å². The summed E-state index contributed by atoms with van der Waals surface area (Å²) >= 11 is 0. The highest BCUT2D eigenvalue weighted by Gasteiger charge is 2.35. The molecule has 1 atom stereocenters. The van der Waals surface area contributed by atoms with Gasteiger partial charge in [0.2, 0.25) is 0 Å². The SMILES string of the molecule is CC(NC(=O)N1CCC(C(=O)c2ccccc2)CC1)c1ccccc1C(F)(F)F. The van der Waals surface area contributed by atoms with E-state index in [2.05, 4.69) is 5.32 Å². The Bertz CT molecular complexity index is 860. The second kappa shape index (κ2) is 8.68. The quantitative estimate of drug-likeness (QED) is 0.724. The lowest BCUT2D eigenvalue weighted by Crippen LogP contribution is -2.46. The number of carbonyl (C=O) groups excluding carboxylic acids is 2. The van der Waals surface area contributed by atoms with Crippen molar-refractivity contribution >= 4 is 11.8 Å². The van der Waals surface area contributed by atoms with Gasteiger partial charge in [0.05, 0.1) is 11.6 Å². The van der Waals surface area contributed by atoms with Gasteiger partial charge in [-0.05, 0) is 31.4 Å². The summed E-state index contributed by atoms with van der Waals surface area (Å²) in [7, 11) is 0. The second-order valence-electron chi connectivity index (χ2n) is 7.25. The number of amides is 2. The highest BCUT2D eigenvalue weighted by Crippen LogP contribution is 2.34. The van der Waals surface area contributed by atoms with Crippen molar-refractivity contribution in [1.82, 2.24) is 10.2 Å². The molecular formula is C22H23F3N2O2. The van der Waals surface area contributed by atoms with Crippen LogP contribution in [0.15, 0.2) is 54.6 Å². The molecule has 1 unspecified atom stereocenters. The Kier molecular flexibility index (Phi) is 6.25. The summed E-state index contributed by atoms with van der Waals surface area (Å²) in [5.74, 6) is -0.0806. The number of benzene rings is 2. The number of rotatable bonds is 4. The fourth-order valence-electron chi connectivity index (χ4n) is 3.67. The predicted octanol–water partition coefficient (Wildman–Crippen LogP) is 5.07. The van der Waals surface area contributed by atoms with Gasteiger partial charge in [-0.1, -0.05) is 48.5 Å². The lowest BCUT2D eigenvalue weighted by molar-refractivity contribution is -0.138. The van der Waals surface area contributed by atoms with Gasteiger partial charge in [-0.2, -0.15) is 13.2 Å². The minimum Gasteiger partial charge on any atom is -0.331 e. The number of alkyl halides is 3. The van der Waals surface area contributed by atoms with Crippen LogP contribution in [0.1, 0.15) is 47.3 Å². The van der Waals surface area contributed by atoms with Gasteiger partial charge in [0.15, 0.2) is 5.78 Å². The minimum atomic E-state index is -4.48. The molecule has 4 nitrogen and oxygen atoms in total. The van der Waals surface area contributed by atoms with Gasteiger partial charge >= 0.3 is 12.2 Å². The number of likely N-dealkylation sites (tertiary alicyclic amines) is 1. The largest absolute Gasteiger partial charge is 0.416 e. The van der Waals surface area contributed by atoms with Crippen molar-refractivity contribution in [3.05, 3.63) is 71.3 Å². The molecule has 0 saturated carbocycles. The Morgan fingerprint density at radius 2 is 1.59 bits per heavy atom. The Morgan fingerprint density at radius 3 is 2.21 bits per heavy atom. The molecule has 2 aromatic rings. The van der Waals surface area contributed by atoms with E-state index in [4.69, 9.17) is 0 Å². The molecule has 1 fully saturated rings. The topological polar surface area (TPSA) is 49.4 Å².